The van der Waals surface area contributed by atoms with Crippen LogP contribution in [0.15, 0.2) is 72.4 Å². The largest absolute Gasteiger partial charge is 0.314 e. The van der Waals surface area contributed by atoms with Gasteiger partial charge in [-0.1, -0.05) is 125 Å². The van der Waals surface area contributed by atoms with Crippen molar-refractivity contribution in [1.82, 2.24) is 5.32 Å². The second kappa shape index (κ2) is 15.5. The van der Waals surface area contributed by atoms with Gasteiger partial charge in [0.2, 0.25) is 0 Å². The molecule has 0 atom stereocenters. The van der Waals surface area contributed by atoms with E-state index >= 15 is 0 Å². The Hall–Kier alpha value is -1.60. The predicted molar refractivity (Wildman–Crippen MR) is 121 cm³/mol. The topological polar surface area (TPSA) is 12.0 Å². The van der Waals surface area contributed by atoms with Gasteiger partial charge in [-0.3, -0.25) is 0 Å². The van der Waals surface area contributed by atoms with Gasteiger partial charge in [-0.2, -0.15) is 0 Å². The highest BCUT2D eigenvalue weighted by Crippen LogP contribution is 2.17. The van der Waals surface area contributed by atoms with Crippen LogP contribution >= 0.6 is 0 Å². The first-order valence-corrected chi connectivity index (χ1v) is 11.2. The third-order valence-corrected chi connectivity index (χ3v) is 5.46. The number of hydrogen-bond acceptors (Lipinski definition) is 1. The lowest BCUT2D eigenvalue weighted by Crippen LogP contribution is -2.30. The first-order chi connectivity index (χ1) is 13.4. The molecule has 1 heteroatoms. The normalized spacial score (nSPS) is 26.4. The van der Waals surface area contributed by atoms with Gasteiger partial charge in [0, 0.05) is 6.04 Å². The van der Waals surface area contributed by atoms with Crippen LogP contribution in [-0.4, -0.2) is 12.6 Å². The van der Waals surface area contributed by atoms with Gasteiger partial charge in [0.1, 0.15) is 0 Å². The summed E-state index contributed by atoms with van der Waals surface area (Å²) in [6.45, 7) is 1.08. The van der Waals surface area contributed by atoms with Crippen LogP contribution in [0.3, 0.4) is 0 Å². The molecule has 2 aliphatic carbocycles. The van der Waals surface area contributed by atoms with Crippen LogP contribution in [0, 0.1) is 0 Å². The number of hydrogen-bond donors (Lipinski definition) is 1. The Labute approximate surface area is 167 Å². The zero-order chi connectivity index (χ0) is 18.8. The fourth-order valence-electron chi connectivity index (χ4n) is 3.82. The van der Waals surface area contributed by atoms with Gasteiger partial charge in [-0.15, -0.1) is 0 Å². The smallest absolute Gasteiger partial charge is 0.00671 e. The highest BCUT2D eigenvalue weighted by molar-refractivity contribution is 5.29. The summed E-state index contributed by atoms with van der Waals surface area (Å²) in [7, 11) is 0. The zero-order valence-electron chi connectivity index (χ0n) is 17.1. The molecular formula is C26H39N. The molecule has 0 bridgehead atoms. The van der Waals surface area contributed by atoms with Crippen molar-refractivity contribution in [3.8, 4) is 0 Å². The van der Waals surface area contributed by atoms with Crippen LogP contribution in [0.25, 0.3) is 0 Å². The van der Waals surface area contributed by atoms with Crippen molar-refractivity contribution in [2.75, 3.05) is 6.54 Å². The molecule has 0 amide bonds. The van der Waals surface area contributed by atoms with Gasteiger partial charge in [0.25, 0.3) is 0 Å². The molecule has 0 unspecified atom stereocenters. The van der Waals surface area contributed by atoms with Crippen LogP contribution in [0.4, 0.5) is 0 Å². The van der Waals surface area contributed by atoms with Crippen LogP contribution in [0.2, 0.25) is 0 Å². The number of nitrogens with one attached hydrogen (secondary N) is 1. The molecule has 0 aromatic heterocycles. The Morgan fingerprint density at radius 1 is 0.593 bits per heavy atom. The van der Waals surface area contributed by atoms with Crippen LogP contribution in [0.5, 0.6) is 0 Å². The Kier molecular flexibility index (Phi) is 12.4. The Morgan fingerprint density at radius 2 is 1.07 bits per heavy atom. The standard InChI is InChI=1S/C26H39N/c1-3-7-11-15-19-25(20-16-12-8-4-1)23-24-27-26-21-17-13-9-5-2-6-10-14-18-22-26/h1,3-4,7-8,11-12,15-16,19-20,26-27H,2,5-6,9-10,13-14,17-18,21-24H2/b3-1?,4-1?,7-3?,8-4?,11-7+,12-8?,15-11?,16-12-,19-15-,20-16?,25-19?,25-20+. The second-order valence-corrected chi connectivity index (χ2v) is 7.80. The molecule has 0 heterocycles. The molecule has 0 aliphatic heterocycles. The number of allylic oxidation sites excluding steroid dienone is 11. The van der Waals surface area contributed by atoms with Gasteiger partial charge in [0.05, 0.1) is 0 Å². The van der Waals surface area contributed by atoms with E-state index in [1.807, 2.05) is 6.08 Å². The summed E-state index contributed by atoms with van der Waals surface area (Å²) in [5, 5.41) is 3.87. The van der Waals surface area contributed by atoms with Gasteiger partial charge in [-0.05, 0) is 31.4 Å². The minimum atomic E-state index is 0.712. The van der Waals surface area contributed by atoms with E-state index in [4.69, 9.17) is 0 Å². The Balaban J connectivity index is 1.79. The van der Waals surface area contributed by atoms with Crippen molar-refractivity contribution in [3.05, 3.63) is 72.4 Å². The summed E-state index contributed by atoms with van der Waals surface area (Å²) < 4.78 is 0. The number of rotatable bonds is 4. The lowest BCUT2D eigenvalue weighted by Gasteiger charge is -2.19. The first kappa shape index (κ1) is 21.7. The average Bonchev–Trinajstić information content (AvgIpc) is 2.65. The molecule has 0 aromatic carbocycles. The monoisotopic (exact) mass is 365 g/mol. The summed E-state index contributed by atoms with van der Waals surface area (Å²) >= 11 is 0. The first-order valence-electron chi connectivity index (χ1n) is 11.2. The maximum Gasteiger partial charge on any atom is 0.00671 e. The molecule has 0 saturated heterocycles. The molecule has 1 N–H and O–H groups in total. The average molecular weight is 366 g/mol. The maximum atomic E-state index is 3.87. The quantitative estimate of drug-likeness (QED) is 0.548. The molecule has 2 rings (SSSR count). The van der Waals surface area contributed by atoms with Crippen LogP contribution in [0.1, 0.15) is 77.0 Å². The van der Waals surface area contributed by atoms with E-state index in [0.717, 1.165) is 13.0 Å². The van der Waals surface area contributed by atoms with Crippen molar-refractivity contribution in [1.29, 1.82) is 0 Å². The van der Waals surface area contributed by atoms with Gasteiger partial charge >= 0.3 is 0 Å². The van der Waals surface area contributed by atoms with Crippen LogP contribution < -0.4 is 5.32 Å². The van der Waals surface area contributed by atoms with Crippen molar-refractivity contribution in [2.45, 2.75) is 83.1 Å². The third kappa shape index (κ3) is 11.7. The molecule has 0 radical (unpaired) electrons. The Bertz CT molecular complexity index is 533. The molecule has 1 nitrogen and oxygen atoms in total. The van der Waals surface area contributed by atoms with Gasteiger partial charge in [-0.25, -0.2) is 0 Å². The molecule has 0 aromatic rings. The van der Waals surface area contributed by atoms with Gasteiger partial charge < -0.3 is 5.32 Å². The Morgan fingerprint density at radius 3 is 1.67 bits per heavy atom. The molecule has 1 fully saturated rings. The van der Waals surface area contributed by atoms with E-state index in [1.165, 1.54) is 76.2 Å². The van der Waals surface area contributed by atoms with Crippen LogP contribution in [-0.2, 0) is 0 Å². The third-order valence-electron chi connectivity index (χ3n) is 5.46. The molecule has 148 valence electrons. The van der Waals surface area contributed by atoms with E-state index in [0.29, 0.717) is 6.04 Å². The van der Waals surface area contributed by atoms with E-state index < -0.39 is 0 Å². The van der Waals surface area contributed by atoms with Crippen molar-refractivity contribution >= 4 is 0 Å². The van der Waals surface area contributed by atoms with Crippen molar-refractivity contribution in [2.24, 2.45) is 0 Å². The molecule has 0 spiro atoms. The highest BCUT2D eigenvalue weighted by Gasteiger charge is 2.08. The fraction of sp³-hybridized carbons (Fsp3) is 0.538. The minimum absolute atomic E-state index is 0.712. The fourth-order valence-corrected chi connectivity index (χ4v) is 3.82. The maximum absolute atomic E-state index is 3.87. The van der Waals surface area contributed by atoms with E-state index in [2.05, 4.69) is 66.1 Å². The summed E-state index contributed by atoms with van der Waals surface area (Å²) in [6.07, 6.45) is 40.0. The highest BCUT2D eigenvalue weighted by atomic mass is 14.9. The van der Waals surface area contributed by atoms with Crippen molar-refractivity contribution in [3.63, 3.8) is 0 Å². The van der Waals surface area contributed by atoms with E-state index in [9.17, 15) is 0 Å². The summed E-state index contributed by atoms with van der Waals surface area (Å²) in [5.74, 6) is 0. The molecule has 27 heavy (non-hydrogen) atoms. The van der Waals surface area contributed by atoms with E-state index in [1.54, 1.807) is 0 Å². The summed E-state index contributed by atoms with van der Waals surface area (Å²) in [6, 6.07) is 0.712. The SMILES string of the molecule is C1=C\C=C/C=C(CCNC2CCCCCCCCCCC2)\C=C/C=C/C=C1. The summed E-state index contributed by atoms with van der Waals surface area (Å²) in [4.78, 5) is 0. The summed E-state index contributed by atoms with van der Waals surface area (Å²) in [5.41, 5.74) is 1.38. The van der Waals surface area contributed by atoms with Gasteiger partial charge in [0.15, 0.2) is 0 Å². The second-order valence-electron chi connectivity index (χ2n) is 7.80. The predicted octanol–water partition coefficient (Wildman–Crippen LogP) is 7.36. The molecule has 2 aliphatic rings. The van der Waals surface area contributed by atoms with E-state index in [-0.39, 0.29) is 0 Å². The minimum Gasteiger partial charge on any atom is -0.314 e. The lowest BCUT2D eigenvalue weighted by atomic mass is 9.98. The lowest BCUT2D eigenvalue weighted by molar-refractivity contribution is 0.406. The van der Waals surface area contributed by atoms with Crippen molar-refractivity contribution < 1.29 is 0 Å². The molecule has 1 saturated carbocycles. The zero-order valence-corrected chi connectivity index (χ0v) is 17.1. The molecular weight excluding hydrogens is 326 g/mol.